The van der Waals surface area contributed by atoms with Crippen LogP contribution in [0, 0.1) is 12.8 Å². The molecule has 1 aromatic rings. The minimum absolute atomic E-state index is 0.0528. The van der Waals surface area contributed by atoms with E-state index in [1.807, 2.05) is 38.1 Å². The lowest BCUT2D eigenvalue weighted by Crippen LogP contribution is -2.49. The average molecular weight is 317 g/mol. The summed E-state index contributed by atoms with van der Waals surface area (Å²) in [6.45, 7) is 4.25. The van der Waals surface area contributed by atoms with E-state index in [9.17, 15) is 14.4 Å². The molecule has 2 atom stereocenters. The number of carbonyl (C=O) groups is 3. The van der Waals surface area contributed by atoms with Crippen LogP contribution in [-0.4, -0.2) is 35.7 Å². The average Bonchev–Trinajstić information content (AvgIpc) is 2.53. The third-order valence-corrected chi connectivity index (χ3v) is 4.24. The SMILES string of the molecule is CCN1C(=O)CC[C@@H](C(=O)NCC(N)=O)[C@@H]1c1ccc(C)cc1. The number of carbonyl (C=O) groups excluding carboxylic acids is 3. The maximum absolute atomic E-state index is 12.5. The van der Waals surface area contributed by atoms with Crippen LogP contribution in [-0.2, 0) is 14.4 Å². The molecule has 6 nitrogen and oxygen atoms in total. The van der Waals surface area contributed by atoms with Crippen LogP contribution in [0.1, 0.15) is 36.9 Å². The molecule has 1 fully saturated rings. The Hall–Kier alpha value is -2.37. The van der Waals surface area contributed by atoms with Gasteiger partial charge in [0.1, 0.15) is 0 Å². The molecular weight excluding hydrogens is 294 g/mol. The minimum Gasteiger partial charge on any atom is -0.368 e. The molecule has 1 aromatic carbocycles. The summed E-state index contributed by atoms with van der Waals surface area (Å²) in [7, 11) is 0. The number of nitrogens with zero attached hydrogens (tertiary/aromatic N) is 1. The monoisotopic (exact) mass is 317 g/mol. The van der Waals surface area contributed by atoms with Gasteiger partial charge in [0.15, 0.2) is 0 Å². The fraction of sp³-hybridized carbons (Fsp3) is 0.471. The number of amides is 3. The molecule has 1 aliphatic heterocycles. The molecule has 3 amide bonds. The van der Waals surface area contributed by atoms with Gasteiger partial charge in [-0.2, -0.15) is 0 Å². The zero-order valence-electron chi connectivity index (χ0n) is 13.5. The number of hydrogen-bond donors (Lipinski definition) is 2. The number of primary amides is 1. The Bertz CT molecular complexity index is 598. The summed E-state index contributed by atoms with van der Waals surface area (Å²) in [5, 5.41) is 2.57. The smallest absolute Gasteiger partial charge is 0.236 e. The Morgan fingerprint density at radius 1 is 1.30 bits per heavy atom. The molecule has 0 unspecified atom stereocenters. The third-order valence-electron chi connectivity index (χ3n) is 4.24. The molecule has 1 saturated heterocycles. The number of aryl methyl sites for hydroxylation is 1. The van der Waals surface area contributed by atoms with Gasteiger partial charge in [-0.1, -0.05) is 29.8 Å². The highest BCUT2D eigenvalue weighted by atomic mass is 16.2. The highest BCUT2D eigenvalue weighted by Crippen LogP contribution is 2.36. The van der Waals surface area contributed by atoms with E-state index in [-0.39, 0.29) is 30.3 Å². The molecule has 6 heteroatoms. The van der Waals surface area contributed by atoms with Gasteiger partial charge in [0, 0.05) is 13.0 Å². The molecule has 1 aliphatic rings. The van der Waals surface area contributed by atoms with Crippen molar-refractivity contribution in [3.05, 3.63) is 35.4 Å². The molecule has 0 bridgehead atoms. The fourth-order valence-corrected chi connectivity index (χ4v) is 3.08. The molecule has 1 heterocycles. The van der Waals surface area contributed by atoms with Gasteiger partial charge in [-0.25, -0.2) is 0 Å². The van der Waals surface area contributed by atoms with E-state index in [1.54, 1.807) is 4.90 Å². The number of nitrogens with two attached hydrogens (primary N) is 1. The van der Waals surface area contributed by atoms with E-state index in [1.165, 1.54) is 0 Å². The van der Waals surface area contributed by atoms with Crippen LogP contribution in [0.25, 0.3) is 0 Å². The molecular formula is C17H23N3O3. The van der Waals surface area contributed by atoms with Crippen LogP contribution in [0.4, 0.5) is 0 Å². The Morgan fingerprint density at radius 2 is 1.96 bits per heavy atom. The first-order valence-corrected chi connectivity index (χ1v) is 7.86. The Balaban J connectivity index is 2.30. The molecule has 2 rings (SSSR count). The van der Waals surface area contributed by atoms with Gasteiger partial charge in [-0.15, -0.1) is 0 Å². The van der Waals surface area contributed by atoms with E-state index in [0.29, 0.717) is 19.4 Å². The van der Waals surface area contributed by atoms with Crippen LogP contribution in [0.3, 0.4) is 0 Å². The van der Waals surface area contributed by atoms with Crippen LogP contribution in [0.15, 0.2) is 24.3 Å². The van der Waals surface area contributed by atoms with Gasteiger partial charge >= 0.3 is 0 Å². The van der Waals surface area contributed by atoms with E-state index < -0.39 is 5.91 Å². The Kier molecular flexibility index (Phi) is 5.36. The van der Waals surface area contributed by atoms with Crippen molar-refractivity contribution in [2.45, 2.75) is 32.7 Å². The Labute approximate surface area is 136 Å². The summed E-state index contributed by atoms with van der Waals surface area (Å²) in [5.74, 6) is -1.14. The molecule has 0 spiro atoms. The minimum atomic E-state index is -0.579. The van der Waals surface area contributed by atoms with Gasteiger partial charge in [-0.05, 0) is 25.8 Å². The van der Waals surface area contributed by atoms with Crippen LogP contribution < -0.4 is 11.1 Å². The number of nitrogens with one attached hydrogen (secondary N) is 1. The predicted molar refractivity (Wildman–Crippen MR) is 86.2 cm³/mol. The van der Waals surface area contributed by atoms with E-state index in [0.717, 1.165) is 11.1 Å². The van der Waals surface area contributed by atoms with Crippen molar-refractivity contribution >= 4 is 17.7 Å². The number of piperidine rings is 1. The molecule has 0 aliphatic carbocycles. The molecule has 0 radical (unpaired) electrons. The maximum atomic E-state index is 12.5. The Morgan fingerprint density at radius 3 is 2.52 bits per heavy atom. The molecule has 0 aromatic heterocycles. The van der Waals surface area contributed by atoms with Gasteiger partial charge in [0.25, 0.3) is 0 Å². The number of likely N-dealkylation sites (tertiary alicyclic amines) is 1. The zero-order chi connectivity index (χ0) is 17.0. The summed E-state index contributed by atoms with van der Waals surface area (Å²) in [6, 6.07) is 7.54. The summed E-state index contributed by atoms with van der Waals surface area (Å²) in [6.07, 6.45) is 0.809. The first kappa shape index (κ1) is 17.0. The molecule has 23 heavy (non-hydrogen) atoms. The van der Waals surface area contributed by atoms with Crippen molar-refractivity contribution in [3.63, 3.8) is 0 Å². The zero-order valence-corrected chi connectivity index (χ0v) is 13.5. The van der Waals surface area contributed by atoms with Gasteiger partial charge < -0.3 is 16.0 Å². The van der Waals surface area contributed by atoms with Gasteiger partial charge in [0.05, 0.1) is 18.5 Å². The summed E-state index contributed by atoms with van der Waals surface area (Å²) in [5.41, 5.74) is 7.14. The first-order valence-electron chi connectivity index (χ1n) is 7.86. The van der Waals surface area contributed by atoms with Crippen molar-refractivity contribution in [2.75, 3.05) is 13.1 Å². The van der Waals surface area contributed by atoms with Crippen molar-refractivity contribution in [1.29, 1.82) is 0 Å². The van der Waals surface area contributed by atoms with E-state index in [4.69, 9.17) is 5.73 Å². The summed E-state index contributed by atoms with van der Waals surface area (Å²) >= 11 is 0. The second kappa shape index (κ2) is 7.26. The van der Waals surface area contributed by atoms with Crippen molar-refractivity contribution in [3.8, 4) is 0 Å². The van der Waals surface area contributed by atoms with Crippen molar-refractivity contribution in [1.82, 2.24) is 10.2 Å². The van der Waals surface area contributed by atoms with Gasteiger partial charge in [-0.3, -0.25) is 14.4 Å². The van der Waals surface area contributed by atoms with E-state index >= 15 is 0 Å². The summed E-state index contributed by atoms with van der Waals surface area (Å²) in [4.78, 5) is 37.3. The first-order chi connectivity index (χ1) is 10.9. The molecule has 3 N–H and O–H groups in total. The predicted octanol–water partition coefficient (Wildman–Crippen LogP) is 0.896. The molecule has 0 saturated carbocycles. The lowest BCUT2D eigenvalue weighted by atomic mass is 9.83. The standard InChI is InChI=1S/C17H23N3O3/c1-3-20-15(22)9-8-13(17(23)19-10-14(18)21)16(20)12-6-4-11(2)5-7-12/h4-7,13,16H,3,8-10H2,1-2H3,(H2,18,21)(H,19,23)/t13-,16+/m1/s1. The third kappa shape index (κ3) is 3.88. The lowest BCUT2D eigenvalue weighted by Gasteiger charge is -2.40. The van der Waals surface area contributed by atoms with Crippen LogP contribution in [0.2, 0.25) is 0 Å². The number of benzene rings is 1. The summed E-state index contributed by atoms with van der Waals surface area (Å²) < 4.78 is 0. The van der Waals surface area contributed by atoms with Crippen LogP contribution >= 0.6 is 0 Å². The highest BCUT2D eigenvalue weighted by Gasteiger charge is 2.39. The normalized spacial score (nSPS) is 21.1. The highest BCUT2D eigenvalue weighted by molar-refractivity contribution is 5.88. The van der Waals surface area contributed by atoms with Crippen molar-refractivity contribution in [2.24, 2.45) is 11.7 Å². The number of hydrogen-bond acceptors (Lipinski definition) is 3. The fourth-order valence-electron chi connectivity index (χ4n) is 3.08. The lowest BCUT2D eigenvalue weighted by molar-refractivity contribution is -0.143. The largest absolute Gasteiger partial charge is 0.368 e. The second-order valence-corrected chi connectivity index (χ2v) is 5.86. The van der Waals surface area contributed by atoms with Crippen molar-refractivity contribution < 1.29 is 14.4 Å². The topological polar surface area (TPSA) is 92.5 Å². The van der Waals surface area contributed by atoms with Gasteiger partial charge in [0.2, 0.25) is 17.7 Å². The van der Waals surface area contributed by atoms with Crippen LogP contribution in [0.5, 0.6) is 0 Å². The van der Waals surface area contributed by atoms with E-state index in [2.05, 4.69) is 5.32 Å². The molecule has 124 valence electrons. The number of rotatable bonds is 5. The maximum Gasteiger partial charge on any atom is 0.236 e. The second-order valence-electron chi connectivity index (χ2n) is 5.86. The quantitative estimate of drug-likeness (QED) is 0.845.